The summed E-state index contributed by atoms with van der Waals surface area (Å²) in [5.74, 6) is 0. The Morgan fingerprint density at radius 3 is 2.53 bits per heavy atom. The van der Waals surface area contributed by atoms with Crippen LogP contribution in [0.1, 0.15) is 28.3 Å². The quantitative estimate of drug-likeness (QED) is 0.894. The Kier molecular flexibility index (Phi) is 4.37. The minimum atomic E-state index is 0.0638. The molecule has 90 valence electrons. The van der Waals surface area contributed by atoms with E-state index < -0.39 is 0 Å². The minimum absolute atomic E-state index is 0.0638. The number of rotatable bonds is 4. The lowest BCUT2D eigenvalue weighted by atomic mass is 10.0. The summed E-state index contributed by atoms with van der Waals surface area (Å²) < 4.78 is 1.10. The van der Waals surface area contributed by atoms with Crippen molar-refractivity contribution in [3.05, 3.63) is 56.2 Å². The van der Waals surface area contributed by atoms with E-state index in [1.165, 1.54) is 15.3 Å². The summed E-state index contributed by atoms with van der Waals surface area (Å²) in [6.45, 7) is 2.18. The largest absolute Gasteiger partial charge is 0.324 e. The summed E-state index contributed by atoms with van der Waals surface area (Å²) in [5.41, 5.74) is 7.43. The van der Waals surface area contributed by atoms with Gasteiger partial charge in [0.15, 0.2) is 0 Å². The van der Waals surface area contributed by atoms with E-state index in [0.717, 1.165) is 17.3 Å². The molecule has 1 unspecified atom stereocenters. The molecule has 3 heteroatoms. The number of halogens is 1. The average molecular weight is 310 g/mol. The Morgan fingerprint density at radius 1 is 1.18 bits per heavy atom. The first-order chi connectivity index (χ1) is 8.20. The van der Waals surface area contributed by atoms with Crippen molar-refractivity contribution in [2.75, 3.05) is 0 Å². The zero-order valence-corrected chi connectivity index (χ0v) is 12.2. The van der Waals surface area contributed by atoms with Gasteiger partial charge in [-0.15, -0.1) is 11.3 Å². The zero-order chi connectivity index (χ0) is 12.3. The van der Waals surface area contributed by atoms with E-state index in [4.69, 9.17) is 5.73 Å². The molecule has 0 aliphatic rings. The number of benzene rings is 1. The van der Waals surface area contributed by atoms with Crippen LogP contribution in [0.15, 0.2) is 40.9 Å². The Bertz CT molecular complexity index is 492. The first-order valence-electron chi connectivity index (χ1n) is 5.78. The minimum Gasteiger partial charge on any atom is -0.324 e. The predicted octanol–water partition coefficient (Wildman–Crippen LogP) is 4.32. The monoisotopic (exact) mass is 309 g/mol. The third-order valence-corrected chi connectivity index (χ3v) is 4.77. The average Bonchev–Trinajstić information content (AvgIpc) is 2.77. The van der Waals surface area contributed by atoms with Crippen molar-refractivity contribution >= 4 is 27.3 Å². The van der Waals surface area contributed by atoms with Crippen molar-refractivity contribution in [1.29, 1.82) is 0 Å². The van der Waals surface area contributed by atoms with Crippen molar-refractivity contribution in [1.82, 2.24) is 0 Å². The number of thiophene rings is 1. The summed E-state index contributed by atoms with van der Waals surface area (Å²) in [4.78, 5) is 2.80. The molecule has 17 heavy (non-hydrogen) atoms. The molecule has 0 saturated carbocycles. The molecule has 2 aromatic rings. The highest BCUT2D eigenvalue weighted by molar-refractivity contribution is 9.10. The molecule has 0 aliphatic heterocycles. The number of hydrogen-bond acceptors (Lipinski definition) is 2. The summed E-state index contributed by atoms with van der Waals surface area (Å²) in [7, 11) is 0. The van der Waals surface area contributed by atoms with Crippen LogP contribution in [0.2, 0.25) is 0 Å². The molecule has 0 radical (unpaired) electrons. The maximum Gasteiger partial charge on any atom is 0.0354 e. The van der Waals surface area contributed by atoms with E-state index in [1.54, 1.807) is 0 Å². The highest BCUT2D eigenvalue weighted by Gasteiger charge is 2.11. The lowest BCUT2D eigenvalue weighted by Crippen LogP contribution is -2.13. The van der Waals surface area contributed by atoms with Crippen LogP contribution >= 0.6 is 27.3 Å². The van der Waals surface area contributed by atoms with Crippen molar-refractivity contribution in [2.45, 2.75) is 25.8 Å². The molecule has 0 amide bonds. The molecule has 1 aromatic heterocycles. The first kappa shape index (κ1) is 12.8. The lowest BCUT2D eigenvalue weighted by Gasteiger charge is -2.12. The van der Waals surface area contributed by atoms with Gasteiger partial charge in [-0.05, 0) is 30.2 Å². The van der Waals surface area contributed by atoms with Crippen LogP contribution in [0.4, 0.5) is 0 Å². The first-order valence-corrected chi connectivity index (χ1v) is 7.39. The van der Waals surface area contributed by atoms with Crippen LogP contribution in [-0.2, 0) is 12.8 Å². The molecule has 0 aliphatic carbocycles. The molecule has 0 fully saturated rings. The normalized spacial score (nSPS) is 12.6. The topological polar surface area (TPSA) is 26.0 Å². The van der Waals surface area contributed by atoms with E-state index in [2.05, 4.69) is 41.1 Å². The Hall–Kier alpha value is -0.640. The smallest absolute Gasteiger partial charge is 0.0354 e. The number of hydrogen-bond donors (Lipinski definition) is 1. The van der Waals surface area contributed by atoms with E-state index in [1.807, 2.05) is 29.5 Å². The van der Waals surface area contributed by atoms with Gasteiger partial charge in [0.05, 0.1) is 0 Å². The van der Waals surface area contributed by atoms with Crippen molar-refractivity contribution in [3.63, 3.8) is 0 Å². The molecule has 2 rings (SSSR count). The number of nitrogens with two attached hydrogens (primary N) is 1. The maximum absolute atomic E-state index is 6.26. The Morgan fingerprint density at radius 2 is 1.88 bits per heavy atom. The van der Waals surface area contributed by atoms with E-state index in [9.17, 15) is 0 Å². The molecule has 0 spiro atoms. The van der Waals surface area contributed by atoms with Crippen LogP contribution in [-0.4, -0.2) is 0 Å². The second kappa shape index (κ2) is 5.80. The predicted molar refractivity (Wildman–Crippen MR) is 78.5 cm³/mol. The van der Waals surface area contributed by atoms with Crippen LogP contribution in [0.3, 0.4) is 0 Å². The molecule has 0 bridgehead atoms. The molecular weight excluding hydrogens is 294 g/mol. The molecular formula is C14H16BrNS. The fourth-order valence-corrected chi connectivity index (χ4v) is 3.42. The highest BCUT2D eigenvalue weighted by atomic mass is 79.9. The molecule has 1 aromatic carbocycles. The van der Waals surface area contributed by atoms with Crippen LogP contribution in [0, 0.1) is 0 Å². The summed E-state index contributed by atoms with van der Waals surface area (Å²) >= 11 is 5.42. The SMILES string of the molecule is CCc1ccc(CC(N)c2ccccc2Br)s1. The van der Waals surface area contributed by atoms with Crippen molar-refractivity contribution in [2.24, 2.45) is 5.73 Å². The van der Waals surface area contributed by atoms with Gasteiger partial charge in [0.2, 0.25) is 0 Å². The van der Waals surface area contributed by atoms with Crippen molar-refractivity contribution in [3.8, 4) is 0 Å². The number of aryl methyl sites for hydroxylation is 1. The third-order valence-electron chi connectivity index (χ3n) is 2.79. The fraction of sp³-hybridized carbons (Fsp3) is 0.286. The van der Waals surface area contributed by atoms with Gasteiger partial charge in [-0.1, -0.05) is 41.1 Å². The lowest BCUT2D eigenvalue weighted by molar-refractivity contribution is 0.726. The Balaban J connectivity index is 2.11. The summed E-state index contributed by atoms with van der Waals surface area (Å²) in [6.07, 6.45) is 2.02. The van der Waals surface area contributed by atoms with E-state index >= 15 is 0 Å². The van der Waals surface area contributed by atoms with Gasteiger partial charge in [0.25, 0.3) is 0 Å². The van der Waals surface area contributed by atoms with Crippen molar-refractivity contribution < 1.29 is 0 Å². The molecule has 1 heterocycles. The highest BCUT2D eigenvalue weighted by Crippen LogP contribution is 2.27. The Labute approximate surface area is 115 Å². The summed E-state index contributed by atoms with van der Waals surface area (Å²) in [6, 6.07) is 12.6. The molecule has 2 N–H and O–H groups in total. The van der Waals surface area contributed by atoms with Crippen LogP contribution in [0.25, 0.3) is 0 Å². The molecule has 1 atom stereocenters. The van der Waals surface area contributed by atoms with E-state index in [0.29, 0.717) is 0 Å². The van der Waals surface area contributed by atoms with Gasteiger partial charge in [-0.25, -0.2) is 0 Å². The van der Waals surface area contributed by atoms with Gasteiger partial charge >= 0.3 is 0 Å². The molecule has 1 nitrogen and oxygen atoms in total. The standard InChI is InChI=1S/C14H16BrNS/c1-2-10-7-8-11(17-10)9-14(16)12-5-3-4-6-13(12)15/h3-8,14H,2,9,16H2,1H3. The zero-order valence-electron chi connectivity index (χ0n) is 9.82. The fourth-order valence-electron chi connectivity index (χ4n) is 1.82. The van der Waals surface area contributed by atoms with Gasteiger partial charge in [-0.3, -0.25) is 0 Å². The van der Waals surface area contributed by atoms with Crippen LogP contribution in [0.5, 0.6) is 0 Å². The van der Waals surface area contributed by atoms with Gasteiger partial charge in [0, 0.05) is 26.7 Å². The second-order valence-corrected chi connectivity index (χ2v) is 6.16. The molecule has 0 saturated heterocycles. The second-order valence-electron chi connectivity index (χ2n) is 4.05. The van der Waals surface area contributed by atoms with Gasteiger partial charge in [-0.2, -0.15) is 0 Å². The van der Waals surface area contributed by atoms with Gasteiger partial charge < -0.3 is 5.73 Å². The van der Waals surface area contributed by atoms with Crippen LogP contribution < -0.4 is 5.73 Å². The maximum atomic E-state index is 6.26. The summed E-state index contributed by atoms with van der Waals surface area (Å²) in [5, 5.41) is 0. The third kappa shape index (κ3) is 3.18. The van der Waals surface area contributed by atoms with Gasteiger partial charge in [0.1, 0.15) is 0 Å². The van der Waals surface area contributed by atoms with E-state index in [-0.39, 0.29) is 6.04 Å².